The molecule has 3 aromatic carbocycles. The Morgan fingerprint density at radius 1 is 0.758 bits per heavy atom. The van der Waals surface area contributed by atoms with Crippen LogP contribution in [0.2, 0.25) is 5.04 Å². The number of hydrogen-bond donors (Lipinski definition) is 0. The minimum absolute atomic E-state index is 0.0533. The van der Waals surface area contributed by atoms with Gasteiger partial charge in [0.1, 0.15) is 5.82 Å². The Kier molecular flexibility index (Phi) is 8.59. The molecule has 0 N–H and O–H groups in total. The largest absolute Gasteiger partial charge is 0.490 e. The van der Waals surface area contributed by atoms with Gasteiger partial charge >= 0.3 is 0 Å². The topological polar surface area (TPSA) is 18.5 Å². The van der Waals surface area contributed by atoms with E-state index in [1.54, 1.807) is 0 Å². The monoisotopic (exact) mass is 466 g/mol. The summed E-state index contributed by atoms with van der Waals surface area (Å²) in [6.45, 7) is 7.67. The lowest BCUT2D eigenvalue weighted by atomic mass is 10.2. The summed E-state index contributed by atoms with van der Waals surface area (Å²) in [6.07, 6.45) is 5.42. The Morgan fingerprint density at radius 3 is 1.85 bits per heavy atom. The van der Waals surface area contributed by atoms with Gasteiger partial charge in [0.15, 0.2) is 11.6 Å². The van der Waals surface area contributed by atoms with Gasteiger partial charge in [-0.15, -0.1) is 0 Å². The molecular weight excluding hydrogens is 434 g/mol. The van der Waals surface area contributed by atoms with Crippen molar-refractivity contribution in [3.8, 4) is 5.75 Å². The molecule has 0 radical (unpaired) electrons. The molecule has 0 unspecified atom stereocenters. The van der Waals surface area contributed by atoms with Crippen LogP contribution >= 0.6 is 0 Å². The van der Waals surface area contributed by atoms with Crippen molar-refractivity contribution in [2.75, 3.05) is 13.2 Å². The van der Waals surface area contributed by atoms with Gasteiger partial charge in [-0.05, 0) is 40.4 Å². The molecule has 3 rings (SSSR count). The molecule has 0 saturated heterocycles. The van der Waals surface area contributed by atoms with Crippen LogP contribution in [0.25, 0.3) is 0 Å². The van der Waals surface area contributed by atoms with Crippen molar-refractivity contribution in [3.05, 3.63) is 103 Å². The van der Waals surface area contributed by atoms with Crippen molar-refractivity contribution >= 4 is 18.7 Å². The number of benzene rings is 3. The van der Waals surface area contributed by atoms with Gasteiger partial charge in [-0.1, -0.05) is 93.6 Å². The van der Waals surface area contributed by atoms with Crippen LogP contribution in [0.1, 0.15) is 33.6 Å². The summed E-state index contributed by atoms with van der Waals surface area (Å²) in [6, 6.07) is 24.3. The third-order valence-electron chi connectivity index (χ3n) is 5.62. The Hall–Kier alpha value is -2.76. The first-order chi connectivity index (χ1) is 15.8. The van der Waals surface area contributed by atoms with Crippen LogP contribution in [0.3, 0.4) is 0 Å². The fourth-order valence-corrected chi connectivity index (χ4v) is 8.68. The highest BCUT2D eigenvalue weighted by molar-refractivity contribution is 6.99. The molecule has 174 valence electrons. The Balaban J connectivity index is 1.63. The van der Waals surface area contributed by atoms with E-state index in [1.165, 1.54) is 10.4 Å². The molecule has 0 fully saturated rings. The summed E-state index contributed by atoms with van der Waals surface area (Å²) in [5.41, 5.74) is 0. The molecule has 0 heterocycles. The van der Waals surface area contributed by atoms with E-state index in [2.05, 4.69) is 75.4 Å². The van der Waals surface area contributed by atoms with E-state index in [9.17, 15) is 8.78 Å². The minimum atomic E-state index is -2.52. The van der Waals surface area contributed by atoms with Crippen LogP contribution in [-0.4, -0.2) is 21.5 Å². The van der Waals surface area contributed by atoms with Gasteiger partial charge in [0.2, 0.25) is 0 Å². The zero-order valence-corrected chi connectivity index (χ0v) is 20.6. The van der Waals surface area contributed by atoms with Gasteiger partial charge < -0.3 is 9.16 Å². The zero-order valence-electron chi connectivity index (χ0n) is 19.6. The highest BCUT2D eigenvalue weighted by atomic mass is 28.4. The number of ether oxygens (including phenoxy) is 1. The van der Waals surface area contributed by atoms with Gasteiger partial charge in [-0.25, -0.2) is 8.78 Å². The first kappa shape index (κ1) is 24.9. The SMILES string of the molecule is CC(C)(C)[Si](OCC/C=C\CCOc1cc(F)ccc1F)(c1ccccc1)c1ccccc1. The highest BCUT2D eigenvalue weighted by Gasteiger charge is 2.49. The van der Waals surface area contributed by atoms with Crippen molar-refractivity contribution < 1.29 is 17.9 Å². The summed E-state index contributed by atoms with van der Waals surface area (Å²) in [5.74, 6) is -1.13. The maximum absolute atomic E-state index is 13.6. The summed E-state index contributed by atoms with van der Waals surface area (Å²) < 4.78 is 39.0. The van der Waals surface area contributed by atoms with E-state index in [0.717, 1.165) is 24.6 Å². The number of hydrogen-bond acceptors (Lipinski definition) is 2. The lowest BCUT2D eigenvalue weighted by Gasteiger charge is -2.43. The third-order valence-corrected chi connectivity index (χ3v) is 10.7. The molecule has 5 heteroatoms. The minimum Gasteiger partial charge on any atom is -0.490 e. The molecule has 0 bridgehead atoms. The van der Waals surface area contributed by atoms with Gasteiger partial charge in [0, 0.05) is 12.7 Å². The molecule has 0 atom stereocenters. The summed E-state index contributed by atoms with van der Waals surface area (Å²) >= 11 is 0. The van der Waals surface area contributed by atoms with Crippen LogP contribution in [0.15, 0.2) is 91.0 Å². The molecule has 0 aliphatic carbocycles. The lowest BCUT2D eigenvalue weighted by Crippen LogP contribution is -2.66. The lowest BCUT2D eigenvalue weighted by molar-refractivity contribution is 0.301. The number of halogens is 2. The van der Waals surface area contributed by atoms with Crippen LogP contribution in [0, 0.1) is 11.6 Å². The molecule has 0 aromatic heterocycles. The smallest absolute Gasteiger partial charge is 0.261 e. The first-order valence-corrected chi connectivity index (χ1v) is 13.2. The quantitative estimate of drug-likeness (QED) is 0.200. The van der Waals surface area contributed by atoms with Crippen molar-refractivity contribution in [1.82, 2.24) is 0 Å². The summed E-state index contributed by atoms with van der Waals surface area (Å²) in [5, 5.41) is 2.47. The fraction of sp³-hybridized carbons (Fsp3) is 0.286. The highest BCUT2D eigenvalue weighted by Crippen LogP contribution is 2.36. The maximum atomic E-state index is 13.6. The van der Waals surface area contributed by atoms with Crippen LogP contribution in [0.4, 0.5) is 8.78 Å². The Labute approximate surface area is 197 Å². The van der Waals surface area contributed by atoms with Gasteiger partial charge in [-0.2, -0.15) is 0 Å². The van der Waals surface area contributed by atoms with Crippen molar-refractivity contribution in [3.63, 3.8) is 0 Å². The average Bonchev–Trinajstić information content (AvgIpc) is 2.80. The predicted molar refractivity (Wildman–Crippen MR) is 134 cm³/mol. The van der Waals surface area contributed by atoms with Crippen molar-refractivity contribution in [1.29, 1.82) is 0 Å². The second-order valence-corrected chi connectivity index (χ2v) is 13.3. The van der Waals surface area contributed by atoms with Gasteiger partial charge in [-0.3, -0.25) is 0 Å². The van der Waals surface area contributed by atoms with Crippen molar-refractivity contribution in [2.24, 2.45) is 0 Å². The Bertz CT molecular complexity index is 991. The van der Waals surface area contributed by atoms with E-state index < -0.39 is 20.0 Å². The van der Waals surface area contributed by atoms with Gasteiger partial charge in [0.25, 0.3) is 8.32 Å². The molecule has 0 aliphatic rings. The summed E-state index contributed by atoms with van der Waals surface area (Å²) in [4.78, 5) is 0. The van der Waals surface area contributed by atoms with E-state index >= 15 is 0 Å². The van der Waals surface area contributed by atoms with E-state index in [1.807, 2.05) is 18.2 Å². The standard InChI is InChI=1S/C28H32F2O2Si/c1-28(2,3)33(24-14-8-6-9-15-24,25-16-10-7-11-17-25)32-21-13-5-4-12-20-31-27-22-23(29)18-19-26(27)30/h4-11,14-19,22H,12-13,20-21H2,1-3H3/b5-4-. The van der Waals surface area contributed by atoms with Crippen LogP contribution < -0.4 is 15.1 Å². The summed E-state index contributed by atoms with van der Waals surface area (Å²) in [7, 11) is -2.52. The maximum Gasteiger partial charge on any atom is 0.261 e. The zero-order chi connectivity index (χ0) is 23.7. The normalized spacial score (nSPS) is 12.3. The van der Waals surface area contributed by atoms with E-state index in [-0.39, 0.29) is 17.4 Å². The first-order valence-electron chi connectivity index (χ1n) is 11.3. The molecule has 0 amide bonds. The van der Waals surface area contributed by atoms with E-state index in [0.29, 0.717) is 13.0 Å². The molecule has 0 saturated carbocycles. The molecular formula is C28H32F2O2Si. The van der Waals surface area contributed by atoms with Crippen LogP contribution in [-0.2, 0) is 4.43 Å². The molecule has 3 aromatic rings. The molecule has 0 aliphatic heterocycles. The molecule has 33 heavy (non-hydrogen) atoms. The Morgan fingerprint density at radius 2 is 1.30 bits per heavy atom. The average molecular weight is 467 g/mol. The van der Waals surface area contributed by atoms with Crippen LogP contribution in [0.5, 0.6) is 5.75 Å². The third kappa shape index (κ3) is 6.18. The van der Waals surface area contributed by atoms with Gasteiger partial charge in [0.05, 0.1) is 6.61 Å². The fourth-order valence-electron chi connectivity index (χ4n) is 4.10. The van der Waals surface area contributed by atoms with Crippen molar-refractivity contribution in [2.45, 2.75) is 38.7 Å². The molecule has 2 nitrogen and oxygen atoms in total. The second kappa shape index (κ2) is 11.4. The number of rotatable bonds is 10. The van der Waals surface area contributed by atoms with E-state index in [4.69, 9.17) is 9.16 Å². The molecule has 0 spiro atoms. The predicted octanol–water partition coefficient (Wildman–Crippen LogP) is 6.26. The second-order valence-electron chi connectivity index (χ2n) is 8.98.